The minimum Gasteiger partial charge on any atom is -0.322 e. The molecule has 5 aromatic rings. The van der Waals surface area contributed by atoms with Crippen LogP contribution < -0.4 is 5.32 Å². The molecule has 0 radical (unpaired) electrons. The van der Waals surface area contributed by atoms with E-state index < -0.39 is 0 Å². The molecule has 2 heterocycles. The highest BCUT2D eigenvalue weighted by molar-refractivity contribution is 6.07. The largest absolute Gasteiger partial charge is 0.322 e. The molecule has 1 N–H and O–H groups in total. The number of rotatable bonds is 3. The molecule has 5 rings (SSSR count). The van der Waals surface area contributed by atoms with Crippen molar-refractivity contribution in [3.63, 3.8) is 0 Å². The van der Waals surface area contributed by atoms with Crippen molar-refractivity contribution in [1.29, 1.82) is 0 Å². The molecule has 0 aliphatic carbocycles. The monoisotopic (exact) mass is 392 g/mol. The first-order valence-electron chi connectivity index (χ1n) is 9.42. The van der Waals surface area contributed by atoms with Crippen LogP contribution in [-0.4, -0.2) is 26.3 Å². The van der Waals surface area contributed by atoms with E-state index in [0.717, 1.165) is 21.9 Å². The molecule has 0 aliphatic rings. The molecule has 0 atom stereocenters. The van der Waals surface area contributed by atoms with Crippen LogP contribution in [0.5, 0.6) is 0 Å². The van der Waals surface area contributed by atoms with Gasteiger partial charge in [-0.2, -0.15) is 0 Å². The SMILES string of the molecule is O=C(Nc1cccc(C(=O)n2cnc3ccccc32)c1)c1cnc2ccccc2c1. The smallest absolute Gasteiger partial charge is 0.263 e. The molecule has 0 unspecified atom stereocenters. The number of nitrogens with one attached hydrogen (secondary N) is 1. The minimum absolute atomic E-state index is 0.216. The third kappa shape index (κ3) is 3.20. The van der Waals surface area contributed by atoms with Crippen LogP contribution in [0.25, 0.3) is 21.9 Å². The highest BCUT2D eigenvalue weighted by atomic mass is 16.2. The Kier molecular flexibility index (Phi) is 4.29. The maximum absolute atomic E-state index is 13.0. The van der Waals surface area contributed by atoms with E-state index in [1.165, 1.54) is 10.9 Å². The van der Waals surface area contributed by atoms with Crippen molar-refractivity contribution in [2.24, 2.45) is 0 Å². The van der Waals surface area contributed by atoms with Gasteiger partial charge in [0.05, 0.1) is 22.1 Å². The Bertz CT molecular complexity index is 1420. The number of hydrogen-bond donors (Lipinski definition) is 1. The Morgan fingerprint density at radius 1 is 0.767 bits per heavy atom. The molecule has 2 aromatic heterocycles. The fourth-order valence-electron chi connectivity index (χ4n) is 3.39. The van der Waals surface area contributed by atoms with Crippen LogP contribution in [0.1, 0.15) is 20.7 Å². The number of carbonyl (C=O) groups is 2. The van der Waals surface area contributed by atoms with Crippen LogP contribution in [-0.2, 0) is 0 Å². The standard InChI is InChI=1S/C24H16N4O2/c29-23(18-12-16-6-1-2-9-20(16)25-14-18)27-19-8-5-7-17(13-19)24(30)28-15-26-21-10-3-4-11-22(21)28/h1-15H,(H,27,29). The van der Waals surface area contributed by atoms with Gasteiger partial charge in [-0.1, -0.05) is 36.4 Å². The Balaban J connectivity index is 1.41. The molecule has 6 nitrogen and oxygen atoms in total. The average molecular weight is 392 g/mol. The molecule has 0 fully saturated rings. The summed E-state index contributed by atoms with van der Waals surface area (Å²) in [6, 6.07) is 23.7. The van der Waals surface area contributed by atoms with Crippen LogP contribution in [0.15, 0.2) is 91.4 Å². The zero-order chi connectivity index (χ0) is 20.5. The Morgan fingerprint density at radius 3 is 2.47 bits per heavy atom. The van der Waals surface area contributed by atoms with Gasteiger partial charge in [0, 0.05) is 22.8 Å². The molecule has 0 spiro atoms. The van der Waals surface area contributed by atoms with Crippen LogP contribution in [0, 0.1) is 0 Å². The molecule has 0 aliphatic heterocycles. The average Bonchev–Trinajstić information content (AvgIpc) is 3.22. The van der Waals surface area contributed by atoms with Crippen molar-refractivity contribution >= 4 is 39.4 Å². The zero-order valence-electron chi connectivity index (χ0n) is 15.8. The summed E-state index contributed by atoms with van der Waals surface area (Å²) in [6.07, 6.45) is 3.06. The number of benzene rings is 3. The van der Waals surface area contributed by atoms with Crippen LogP contribution in [0.3, 0.4) is 0 Å². The third-order valence-electron chi connectivity index (χ3n) is 4.89. The highest BCUT2D eigenvalue weighted by Gasteiger charge is 2.14. The fourth-order valence-corrected chi connectivity index (χ4v) is 3.39. The lowest BCUT2D eigenvalue weighted by molar-refractivity contribution is 0.0962. The summed E-state index contributed by atoms with van der Waals surface area (Å²) in [7, 11) is 0. The summed E-state index contributed by atoms with van der Waals surface area (Å²) in [6.45, 7) is 0. The Hall–Kier alpha value is -4.32. The van der Waals surface area contributed by atoms with Gasteiger partial charge in [-0.25, -0.2) is 4.98 Å². The van der Waals surface area contributed by atoms with Gasteiger partial charge >= 0.3 is 0 Å². The van der Waals surface area contributed by atoms with Crippen LogP contribution in [0.4, 0.5) is 5.69 Å². The number of pyridine rings is 1. The number of aromatic nitrogens is 3. The fraction of sp³-hybridized carbons (Fsp3) is 0. The van der Waals surface area contributed by atoms with Crippen molar-refractivity contribution < 1.29 is 9.59 Å². The van der Waals surface area contributed by atoms with Gasteiger partial charge < -0.3 is 5.32 Å². The van der Waals surface area contributed by atoms with Gasteiger partial charge in [0.15, 0.2) is 0 Å². The summed E-state index contributed by atoms with van der Waals surface area (Å²) in [5, 5.41) is 3.73. The molecule has 0 bridgehead atoms. The number of hydrogen-bond acceptors (Lipinski definition) is 4. The van der Waals surface area contributed by atoms with Gasteiger partial charge in [-0.15, -0.1) is 0 Å². The number of carbonyl (C=O) groups excluding carboxylic acids is 2. The van der Waals surface area contributed by atoms with Gasteiger partial charge in [0.25, 0.3) is 11.8 Å². The molecule has 1 amide bonds. The molecule has 0 saturated heterocycles. The second-order valence-corrected chi connectivity index (χ2v) is 6.86. The van der Waals surface area contributed by atoms with Crippen molar-refractivity contribution in [1.82, 2.24) is 14.5 Å². The molecule has 0 saturated carbocycles. The molecular formula is C24H16N4O2. The van der Waals surface area contributed by atoms with E-state index in [1.54, 1.807) is 36.5 Å². The van der Waals surface area contributed by atoms with Crippen molar-refractivity contribution in [2.45, 2.75) is 0 Å². The third-order valence-corrected chi connectivity index (χ3v) is 4.89. The van der Waals surface area contributed by atoms with Crippen molar-refractivity contribution in [3.05, 3.63) is 103 Å². The molecular weight excluding hydrogens is 376 g/mol. The van der Waals surface area contributed by atoms with E-state index in [2.05, 4.69) is 15.3 Å². The summed E-state index contributed by atoms with van der Waals surface area (Å²) in [5.74, 6) is -0.502. The first-order valence-corrected chi connectivity index (χ1v) is 9.42. The predicted octanol–water partition coefficient (Wildman–Crippen LogP) is 4.53. The molecule has 3 aromatic carbocycles. The van der Waals surface area contributed by atoms with E-state index in [4.69, 9.17) is 0 Å². The second-order valence-electron chi connectivity index (χ2n) is 6.86. The maximum atomic E-state index is 13.0. The van der Waals surface area contributed by atoms with Gasteiger partial charge in [0.2, 0.25) is 0 Å². The number of anilines is 1. The Labute approximate surface area is 171 Å². The number of para-hydroxylation sites is 3. The zero-order valence-corrected chi connectivity index (χ0v) is 15.8. The predicted molar refractivity (Wildman–Crippen MR) is 116 cm³/mol. The second kappa shape index (κ2) is 7.25. The summed E-state index contributed by atoms with van der Waals surface area (Å²) < 4.78 is 1.50. The Morgan fingerprint density at radius 2 is 1.57 bits per heavy atom. The molecule has 144 valence electrons. The molecule has 6 heteroatoms. The molecule has 30 heavy (non-hydrogen) atoms. The van der Waals surface area contributed by atoms with Gasteiger partial charge in [-0.3, -0.25) is 19.1 Å². The number of nitrogens with zero attached hydrogens (tertiary/aromatic N) is 3. The maximum Gasteiger partial charge on any atom is 0.263 e. The number of fused-ring (bicyclic) bond motifs is 2. The van der Waals surface area contributed by atoms with E-state index in [9.17, 15) is 9.59 Å². The van der Waals surface area contributed by atoms with E-state index in [-0.39, 0.29) is 11.8 Å². The number of amides is 1. The first kappa shape index (κ1) is 17.8. The van der Waals surface area contributed by atoms with Gasteiger partial charge in [-0.05, 0) is 42.5 Å². The van der Waals surface area contributed by atoms with E-state index in [1.807, 2.05) is 48.5 Å². The highest BCUT2D eigenvalue weighted by Crippen LogP contribution is 2.18. The van der Waals surface area contributed by atoms with Gasteiger partial charge in [0.1, 0.15) is 6.33 Å². The minimum atomic E-state index is -0.286. The lowest BCUT2D eigenvalue weighted by Crippen LogP contribution is -2.14. The lowest BCUT2D eigenvalue weighted by atomic mass is 10.1. The topological polar surface area (TPSA) is 76.9 Å². The van der Waals surface area contributed by atoms with E-state index in [0.29, 0.717) is 16.8 Å². The summed E-state index contributed by atoms with van der Waals surface area (Å²) >= 11 is 0. The first-order chi connectivity index (χ1) is 14.7. The van der Waals surface area contributed by atoms with Crippen molar-refractivity contribution in [2.75, 3.05) is 5.32 Å². The van der Waals surface area contributed by atoms with Crippen LogP contribution >= 0.6 is 0 Å². The summed E-state index contributed by atoms with van der Waals surface area (Å²) in [5.41, 5.74) is 3.74. The quantitative estimate of drug-likeness (QED) is 0.490. The lowest BCUT2D eigenvalue weighted by Gasteiger charge is -2.08. The summed E-state index contributed by atoms with van der Waals surface area (Å²) in [4.78, 5) is 34.3. The number of imidazole rings is 1. The van der Waals surface area contributed by atoms with Crippen LogP contribution in [0.2, 0.25) is 0 Å². The van der Waals surface area contributed by atoms with E-state index >= 15 is 0 Å². The normalized spacial score (nSPS) is 10.9. The van der Waals surface area contributed by atoms with Crippen molar-refractivity contribution in [3.8, 4) is 0 Å².